The van der Waals surface area contributed by atoms with Crippen molar-refractivity contribution in [1.29, 1.82) is 0 Å². The Kier molecular flexibility index (Phi) is 4.76. The molecule has 28 heavy (non-hydrogen) atoms. The number of carbonyl (C=O) groups is 1. The first-order chi connectivity index (χ1) is 13.3. The Morgan fingerprint density at radius 3 is 2.14 bits per heavy atom. The Morgan fingerprint density at radius 1 is 1.07 bits per heavy atom. The fourth-order valence-corrected chi connectivity index (χ4v) is 3.73. The molecular weight excluding hydrogens is 371 g/mol. The predicted octanol–water partition coefficient (Wildman–Crippen LogP) is 4.02. The molecule has 0 aliphatic carbocycles. The normalized spacial score (nSPS) is 23.6. The van der Waals surface area contributed by atoms with Gasteiger partial charge in [-0.3, -0.25) is 0 Å². The van der Waals surface area contributed by atoms with Gasteiger partial charge in [-0.05, 0) is 48.4 Å². The van der Waals surface area contributed by atoms with Crippen molar-refractivity contribution in [1.82, 2.24) is 5.32 Å². The van der Waals surface area contributed by atoms with E-state index in [0.29, 0.717) is 11.7 Å². The number of ether oxygens (including phenoxy) is 1. The second kappa shape index (κ2) is 7.10. The van der Waals surface area contributed by atoms with Crippen LogP contribution in [-0.4, -0.2) is 30.8 Å². The Labute approximate surface area is 160 Å². The second-order valence-corrected chi connectivity index (χ2v) is 7.30. The van der Waals surface area contributed by atoms with Crippen LogP contribution >= 0.6 is 0 Å². The number of carbonyl (C=O) groups excluding carboxylic acids is 1. The van der Waals surface area contributed by atoms with Crippen molar-refractivity contribution in [3.05, 3.63) is 59.7 Å². The Hall–Kier alpha value is -2.58. The molecule has 3 N–H and O–H groups in total. The van der Waals surface area contributed by atoms with Crippen molar-refractivity contribution in [2.45, 2.75) is 30.7 Å². The first-order valence-electron chi connectivity index (χ1n) is 9.03. The maximum atomic E-state index is 12.6. The molecule has 0 spiro atoms. The molecule has 2 fully saturated rings. The van der Waals surface area contributed by atoms with Crippen LogP contribution in [-0.2, 0) is 17.3 Å². The molecule has 2 atom stereocenters. The standard InChI is InChI=1S/C20H20F3N3O2/c21-20(22,23)14-3-7-16(8-4-14)26-18(27)25-15-5-1-13(2-6-15)9-19-10-17(11-28-19)24-12-19/h1-8,17,24H,9-12H2,(H2,25,26,27). The highest BCUT2D eigenvalue weighted by Gasteiger charge is 2.45. The number of morpholine rings is 1. The number of amides is 2. The van der Waals surface area contributed by atoms with E-state index in [1.54, 1.807) is 12.1 Å². The maximum absolute atomic E-state index is 12.6. The van der Waals surface area contributed by atoms with Gasteiger partial charge < -0.3 is 20.7 Å². The van der Waals surface area contributed by atoms with E-state index in [2.05, 4.69) is 16.0 Å². The molecule has 2 saturated heterocycles. The quantitative estimate of drug-likeness (QED) is 0.738. The number of benzene rings is 2. The zero-order valence-corrected chi connectivity index (χ0v) is 15.0. The van der Waals surface area contributed by atoms with Gasteiger partial charge in [-0.2, -0.15) is 13.2 Å². The molecule has 2 amide bonds. The van der Waals surface area contributed by atoms with Crippen LogP contribution in [0.5, 0.6) is 0 Å². The summed E-state index contributed by atoms with van der Waals surface area (Å²) >= 11 is 0. The monoisotopic (exact) mass is 391 g/mol. The number of urea groups is 1. The van der Waals surface area contributed by atoms with Gasteiger partial charge >= 0.3 is 12.2 Å². The molecule has 0 saturated carbocycles. The molecule has 0 radical (unpaired) electrons. The van der Waals surface area contributed by atoms with Crippen molar-refractivity contribution < 1.29 is 22.7 Å². The first kappa shape index (κ1) is 18.8. The molecule has 8 heteroatoms. The Balaban J connectivity index is 1.32. The van der Waals surface area contributed by atoms with Gasteiger partial charge in [-0.1, -0.05) is 12.1 Å². The summed E-state index contributed by atoms with van der Waals surface area (Å²) in [6.07, 6.45) is -2.57. The third kappa shape index (κ3) is 4.13. The molecule has 4 rings (SSSR count). The number of fused-ring (bicyclic) bond motifs is 2. The Morgan fingerprint density at radius 2 is 1.68 bits per heavy atom. The minimum atomic E-state index is -4.40. The molecule has 2 unspecified atom stereocenters. The van der Waals surface area contributed by atoms with Crippen molar-refractivity contribution in [3.8, 4) is 0 Å². The topological polar surface area (TPSA) is 62.4 Å². The predicted molar refractivity (Wildman–Crippen MR) is 99.3 cm³/mol. The number of alkyl halides is 3. The van der Waals surface area contributed by atoms with E-state index in [9.17, 15) is 18.0 Å². The second-order valence-electron chi connectivity index (χ2n) is 7.30. The lowest BCUT2D eigenvalue weighted by molar-refractivity contribution is -0.137. The molecule has 2 bridgehead atoms. The lowest BCUT2D eigenvalue weighted by Crippen LogP contribution is -2.40. The molecule has 2 aliphatic rings. The zero-order chi connectivity index (χ0) is 19.8. The minimum absolute atomic E-state index is 0.125. The smallest absolute Gasteiger partial charge is 0.372 e. The maximum Gasteiger partial charge on any atom is 0.416 e. The van der Waals surface area contributed by atoms with Gasteiger partial charge in [0, 0.05) is 30.4 Å². The summed E-state index contributed by atoms with van der Waals surface area (Å²) < 4.78 is 43.6. The molecule has 2 aromatic carbocycles. The van der Waals surface area contributed by atoms with Crippen LogP contribution in [0.2, 0.25) is 0 Å². The van der Waals surface area contributed by atoms with Crippen molar-refractivity contribution in [3.63, 3.8) is 0 Å². The van der Waals surface area contributed by atoms with Crippen molar-refractivity contribution in [2.75, 3.05) is 23.8 Å². The lowest BCUT2D eigenvalue weighted by atomic mass is 9.93. The number of anilines is 2. The zero-order valence-electron chi connectivity index (χ0n) is 15.0. The van der Waals surface area contributed by atoms with Gasteiger partial charge in [0.2, 0.25) is 0 Å². The Bertz CT molecular complexity index is 842. The van der Waals surface area contributed by atoms with Crippen LogP contribution in [0.1, 0.15) is 17.5 Å². The summed E-state index contributed by atoms with van der Waals surface area (Å²) in [4.78, 5) is 12.1. The van der Waals surface area contributed by atoms with Crippen LogP contribution in [0.4, 0.5) is 29.3 Å². The van der Waals surface area contributed by atoms with E-state index in [1.807, 2.05) is 12.1 Å². The third-order valence-corrected chi connectivity index (χ3v) is 5.13. The summed E-state index contributed by atoms with van der Waals surface area (Å²) in [6.45, 7) is 1.61. The van der Waals surface area contributed by atoms with E-state index < -0.39 is 17.8 Å². The highest BCUT2D eigenvalue weighted by atomic mass is 19.4. The van der Waals surface area contributed by atoms with Gasteiger partial charge in [-0.15, -0.1) is 0 Å². The summed E-state index contributed by atoms with van der Waals surface area (Å²) in [5.41, 5.74) is 1.12. The van der Waals surface area contributed by atoms with Crippen molar-refractivity contribution in [2.24, 2.45) is 0 Å². The van der Waals surface area contributed by atoms with Crippen molar-refractivity contribution >= 4 is 17.4 Å². The minimum Gasteiger partial charge on any atom is -0.372 e. The molecule has 0 aromatic heterocycles. The van der Waals surface area contributed by atoms with Gasteiger partial charge in [0.25, 0.3) is 0 Å². The number of hydrogen-bond donors (Lipinski definition) is 3. The molecule has 148 valence electrons. The van der Waals surface area contributed by atoms with Crippen LogP contribution < -0.4 is 16.0 Å². The summed E-state index contributed by atoms with van der Waals surface area (Å²) in [6, 6.07) is 11.7. The lowest BCUT2D eigenvalue weighted by Gasteiger charge is -2.26. The molecule has 2 aliphatic heterocycles. The highest BCUT2D eigenvalue weighted by molar-refractivity contribution is 5.99. The summed E-state index contributed by atoms with van der Waals surface area (Å²) in [7, 11) is 0. The largest absolute Gasteiger partial charge is 0.416 e. The fraction of sp³-hybridized carbons (Fsp3) is 0.350. The summed E-state index contributed by atoms with van der Waals surface area (Å²) in [5.74, 6) is 0. The molecular formula is C20H20F3N3O2. The van der Waals surface area contributed by atoms with Gasteiger partial charge in [0.15, 0.2) is 0 Å². The number of hydrogen-bond acceptors (Lipinski definition) is 3. The van der Waals surface area contributed by atoms with Gasteiger partial charge in [0.05, 0.1) is 17.8 Å². The SMILES string of the molecule is O=C(Nc1ccc(CC23CNC(CO2)C3)cc1)Nc1ccc(C(F)(F)F)cc1. The first-order valence-corrected chi connectivity index (χ1v) is 9.03. The van der Waals surface area contributed by atoms with E-state index in [1.165, 1.54) is 12.1 Å². The highest BCUT2D eigenvalue weighted by Crippen LogP contribution is 2.34. The third-order valence-electron chi connectivity index (χ3n) is 5.13. The molecule has 2 heterocycles. The fourth-order valence-electron chi connectivity index (χ4n) is 3.73. The number of halogens is 3. The average Bonchev–Trinajstić information content (AvgIpc) is 3.23. The van der Waals surface area contributed by atoms with E-state index >= 15 is 0 Å². The molecule has 5 nitrogen and oxygen atoms in total. The van der Waals surface area contributed by atoms with Crippen LogP contribution in [0.3, 0.4) is 0 Å². The van der Waals surface area contributed by atoms with E-state index in [4.69, 9.17) is 4.74 Å². The summed E-state index contributed by atoms with van der Waals surface area (Å²) in [5, 5.41) is 8.63. The van der Waals surface area contributed by atoms with Gasteiger partial charge in [0.1, 0.15) is 0 Å². The number of rotatable bonds is 4. The van der Waals surface area contributed by atoms with Crippen LogP contribution in [0.15, 0.2) is 48.5 Å². The van der Waals surface area contributed by atoms with Crippen LogP contribution in [0.25, 0.3) is 0 Å². The van der Waals surface area contributed by atoms with E-state index in [0.717, 1.165) is 43.7 Å². The van der Waals surface area contributed by atoms with Crippen LogP contribution in [0, 0.1) is 0 Å². The number of nitrogens with one attached hydrogen (secondary N) is 3. The average molecular weight is 391 g/mol. The molecule has 2 aromatic rings. The van der Waals surface area contributed by atoms with E-state index in [-0.39, 0.29) is 11.3 Å². The van der Waals surface area contributed by atoms with Gasteiger partial charge in [-0.25, -0.2) is 4.79 Å².